The molecule has 3 N–H and O–H groups in total. The van der Waals surface area contributed by atoms with E-state index in [4.69, 9.17) is 5.73 Å². The molecule has 4 aromatic rings. The van der Waals surface area contributed by atoms with Gasteiger partial charge in [-0.05, 0) is 41.4 Å². The van der Waals surface area contributed by atoms with E-state index in [1.54, 1.807) is 13.8 Å². The molecule has 0 bridgehead atoms. The van der Waals surface area contributed by atoms with E-state index >= 15 is 0 Å². The number of thiophene rings is 1. The van der Waals surface area contributed by atoms with E-state index in [2.05, 4.69) is 36.4 Å². The number of nitrogens with two attached hydrogens (primary N) is 1. The van der Waals surface area contributed by atoms with Crippen LogP contribution in [0.2, 0.25) is 0 Å². The first kappa shape index (κ1) is 27.6. The Kier molecular flexibility index (Phi) is 6.80. The van der Waals surface area contributed by atoms with Crippen LogP contribution in [0.15, 0.2) is 16.7 Å². The van der Waals surface area contributed by atoms with Gasteiger partial charge in [0.2, 0.25) is 0 Å². The molecule has 0 saturated carbocycles. The summed E-state index contributed by atoms with van der Waals surface area (Å²) < 4.78 is 82.6. The maximum Gasteiger partial charge on any atom is 0.436 e. The van der Waals surface area contributed by atoms with Crippen molar-refractivity contribution in [3.8, 4) is 11.1 Å². The first-order valence-corrected chi connectivity index (χ1v) is 12.2. The normalized spacial score (nSPS) is 12.4. The number of rotatable bonds is 5. The Morgan fingerprint density at radius 3 is 2.32 bits per heavy atom. The highest BCUT2D eigenvalue weighted by Crippen LogP contribution is 2.45. The largest absolute Gasteiger partial charge is 0.436 e. The van der Waals surface area contributed by atoms with E-state index in [9.17, 15) is 35.9 Å². The molecule has 0 fully saturated rings. The molecule has 0 aromatic carbocycles. The number of nitrogens with zero attached hydrogens (tertiary/aromatic N) is 5. The lowest BCUT2D eigenvalue weighted by molar-refractivity contribution is -0.142. The van der Waals surface area contributed by atoms with Gasteiger partial charge in [0, 0.05) is 30.2 Å². The number of hydrogen-bond acceptors (Lipinski definition) is 6. The van der Waals surface area contributed by atoms with Crippen molar-refractivity contribution in [2.75, 3.05) is 5.32 Å². The molecule has 0 aliphatic heterocycles. The van der Waals surface area contributed by atoms with Crippen molar-refractivity contribution in [2.24, 2.45) is 12.8 Å². The lowest BCUT2D eigenvalue weighted by Crippen LogP contribution is -2.19. The maximum absolute atomic E-state index is 13.7. The summed E-state index contributed by atoms with van der Waals surface area (Å²) in [5.41, 5.74) is 2.67. The molecule has 0 radical (unpaired) electrons. The van der Waals surface area contributed by atoms with E-state index in [1.807, 2.05) is 0 Å². The number of halogens is 7. The fourth-order valence-corrected chi connectivity index (χ4v) is 5.63. The summed E-state index contributed by atoms with van der Waals surface area (Å²) in [5, 5.41) is 9.77. The molecular formula is C21H16BrF6N7O2S. The van der Waals surface area contributed by atoms with E-state index < -0.39 is 45.7 Å². The van der Waals surface area contributed by atoms with Crippen LogP contribution in [0.1, 0.15) is 44.2 Å². The molecule has 4 rings (SSSR count). The first-order chi connectivity index (χ1) is 17.6. The Morgan fingerprint density at radius 2 is 1.82 bits per heavy atom. The van der Waals surface area contributed by atoms with Crippen molar-refractivity contribution in [1.82, 2.24) is 24.5 Å². The number of anilines is 1. The number of aryl methyl sites for hydroxylation is 2. The number of alkyl halides is 6. The topological polar surface area (TPSA) is 121 Å². The van der Waals surface area contributed by atoms with Crippen LogP contribution in [-0.2, 0) is 25.9 Å². The molecule has 0 unspecified atom stereocenters. The fraction of sp³-hybridized carbons (Fsp3) is 0.286. The number of hydrogen-bond donors (Lipinski definition) is 2. The van der Waals surface area contributed by atoms with Crippen molar-refractivity contribution in [3.05, 3.63) is 44.4 Å². The number of carbonyl (C=O) groups excluding carboxylic acids is 2. The van der Waals surface area contributed by atoms with Crippen LogP contribution in [0.5, 0.6) is 0 Å². The number of nitrogens with one attached hydrogen (secondary N) is 1. The van der Waals surface area contributed by atoms with Gasteiger partial charge >= 0.3 is 12.4 Å². The van der Waals surface area contributed by atoms with Gasteiger partial charge in [0.15, 0.2) is 5.69 Å². The molecular weight excluding hydrogens is 608 g/mol. The monoisotopic (exact) mass is 623 g/mol. The van der Waals surface area contributed by atoms with Gasteiger partial charge in [0.1, 0.15) is 21.1 Å². The average molecular weight is 624 g/mol. The zero-order chi connectivity index (χ0) is 28.3. The molecule has 9 nitrogen and oxygen atoms in total. The second kappa shape index (κ2) is 9.37. The standard InChI is InChI=1S/C21H16BrF6N7O2S/c1-4-35-7(2)9(6-30-35)8-5-10(20(23,24)25)31-19-11(8)13(15(38-19)17(29)36)32-18(37)14-12(22)16(21(26,27)28)33-34(14)3/h5-6H,4H2,1-3H3,(H2,29,36)(H,32,37). The number of aromatic nitrogens is 5. The molecule has 4 aromatic heterocycles. The third kappa shape index (κ3) is 4.63. The highest BCUT2D eigenvalue weighted by Gasteiger charge is 2.40. The highest BCUT2D eigenvalue weighted by atomic mass is 79.9. The molecule has 2 amide bonds. The summed E-state index contributed by atoms with van der Waals surface area (Å²) >= 11 is 3.24. The minimum absolute atomic E-state index is 0.0568. The Hall–Kier alpha value is -3.47. The Morgan fingerprint density at radius 1 is 1.16 bits per heavy atom. The zero-order valence-corrected chi connectivity index (χ0v) is 21.9. The van der Waals surface area contributed by atoms with Crippen LogP contribution in [0.3, 0.4) is 0 Å². The molecule has 0 spiro atoms. The second-order valence-corrected chi connectivity index (χ2v) is 9.74. The molecule has 0 atom stereocenters. The number of amides is 2. The number of pyridine rings is 1. The Balaban J connectivity index is 1.99. The van der Waals surface area contributed by atoms with E-state index in [1.165, 1.54) is 10.9 Å². The van der Waals surface area contributed by atoms with Crippen molar-refractivity contribution in [2.45, 2.75) is 32.7 Å². The summed E-state index contributed by atoms with van der Waals surface area (Å²) in [4.78, 5) is 28.4. The van der Waals surface area contributed by atoms with Crippen molar-refractivity contribution >= 4 is 55.0 Å². The summed E-state index contributed by atoms with van der Waals surface area (Å²) in [6, 6.07) is 0.751. The Labute approximate surface area is 221 Å². The van der Waals surface area contributed by atoms with Gasteiger partial charge in [-0.1, -0.05) is 0 Å². The van der Waals surface area contributed by atoms with Gasteiger partial charge in [-0.15, -0.1) is 11.3 Å². The maximum atomic E-state index is 13.7. The van der Waals surface area contributed by atoms with Crippen LogP contribution in [0, 0.1) is 6.92 Å². The summed E-state index contributed by atoms with van der Waals surface area (Å²) in [6.45, 7) is 3.80. The molecule has 0 aliphatic rings. The molecule has 17 heteroatoms. The quantitative estimate of drug-likeness (QED) is 0.289. The minimum atomic E-state index is -4.88. The summed E-state index contributed by atoms with van der Waals surface area (Å²) in [6.07, 6.45) is -8.41. The molecule has 202 valence electrons. The van der Waals surface area contributed by atoms with Gasteiger partial charge in [-0.3, -0.25) is 19.0 Å². The first-order valence-electron chi connectivity index (χ1n) is 10.5. The van der Waals surface area contributed by atoms with Crippen LogP contribution in [-0.4, -0.2) is 36.4 Å². The number of primary amides is 1. The Bertz CT molecular complexity index is 1600. The molecule has 4 heterocycles. The van der Waals surface area contributed by atoms with E-state index in [0.717, 1.165) is 13.1 Å². The molecule has 0 saturated heterocycles. The van der Waals surface area contributed by atoms with E-state index in [0.29, 0.717) is 28.3 Å². The molecule has 38 heavy (non-hydrogen) atoms. The smallest absolute Gasteiger partial charge is 0.365 e. The van der Waals surface area contributed by atoms with Crippen LogP contribution < -0.4 is 11.1 Å². The molecule has 0 aliphatic carbocycles. The highest BCUT2D eigenvalue weighted by molar-refractivity contribution is 9.10. The van der Waals surface area contributed by atoms with Crippen molar-refractivity contribution < 1.29 is 35.9 Å². The number of carbonyl (C=O) groups is 2. The van der Waals surface area contributed by atoms with Gasteiger partial charge < -0.3 is 11.1 Å². The summed E-state index contributed by atoms with van der Waals surface area (Å²) in [5.74, 6) is -2.22. The SMILES string of the molecule is CCn1ncc(-c2cc(C(F)(F)F)nc3sc(C(N)=O)c(NC(=O)c4c(Br)c(C(F)(F)F)nn4C)c23)c1C. The zero-order valence-electron chi connectivity index (χ0n) is 19.5. The minimum Gasteiger partial charge on any atom is -0.365 e. The lowest BCUT2D eigenvalue weighted by atomic mass is 10.0. The van der Waals surface area contributed by atoms with Crippen molar-refractivity contribution in [1.29, 1.82) is 0 Å². The lowest BCUT2D eigenvalue weighted by Gasteiger charge is -2.12. The average Bonchev–Trinajstić information content (AvgIpc) is 3.45. The van der Waals surface area contributed by atoms with Gasteiger partial charge in [0.25, 0.3) is 11.8 Å². The predicted molar refractivity (Wildman–Crippen MR) is 129 cm³/mol. The van der Waals surface area contributed by atoms with Crippen LogP contribution in [0.4, 0.5) is 32.0 Å². The second-order valence-electron chi connectivity index (χ2n) is 7.95. The fourth-order valence-electron chi connectivity index (χ4n) is 3.88. The van der Waals surface area contributed by atoms with Crippen LogP contribution >= 0.6 is 27.3 Å². The predicted octanol–water partition coefficient (Wildman–Crippen LogP) is 5.37. The third-order valence-electron chi connectivity index (χ3n) is 5.58. The van der Waals surface area contributed by atoms with E-state index in [-0.39, 0.29) is 31.9 Å². The summed E-state index contributed by atoms with van der Waals surface area (Å²) in [7, 11) is 1.10. The van der Waals surface area contributed by atoms with Crippen molar-refractivity contribution in [3.63, 3.8) is 0 Å². The van der Waals surface area contributed by atoms with Crippen LogP contribution in [0.25, 0.3) is 21.3 Å². The third-order valence-corrected chi connectivity index (χ3v) is 7.43. The van der Waals surface area contributed by atoms with Gasteiger partial charge in [-0.25, -0.2) is 4.98 Å². The van der Waals surface area contributed by atoms with Gasteiger partial charge in [-0.2, -0.15) is 36.5 Å². The number of fused-ring (bicyclic) bond motifs is 1. The van der Waals surface area contributed by atoms with Gasteiger partial charge in [0.05, 0.1) is 16.4 Å².